The average Bonchev–Trinajstić information content (AvgIpc) is 2.30. The van der Waals surface area contributed by atoms with Gasteiger partial charge in [-0.25, -0.2) is 4.39 Å². The number of nitrogens with one attached hydrogen (secondary N) is 1. The Kier molecular flexibility index (Phi) is 2.95. The number of phenolic OH excluding ortho intramolecular Hbond substituents is 1. The van der Waals surface area contributed by atoms with Gasteiger partial charge in [-0.05, 0) is 24.3 Å². The molecule has 0 saturated carbocycles. The van der Waals surface area contributed by atoms with Crippen molar-refractivity contribution in [1.82, 2.24) is 10.2 Å². The van der Waals surface area contributed by atoms with E-state index in [4.69, 9.17) is 5.11 Å². The van der Waals surface area contributed by atoms with Crippen LogP contribution in [0.2, 0.25) is 0 Å². The van der Waals surface area contributed by atoms with Gasteiger partial charge in [0.15, 0.2) is 5.82 Å². The number of halogens is 1. The Labute approximate surface area is 95.9 Å². The van der Waals surface area contributed by atoms with E-state index < -0.39 is 11.7 Å². The van der Waals surface area contributed by atoms with Gasteiger partial charge in [0.1, 0.15) is 11.6 Å². The highest BCUT2D eigenvalue weighted by Gasteiger charge is 2.12. The minimum Gasteiger partial charge on any atom is -0.508 e. The molecule has 17 heavy (non-hydrogen) atoms. The maximum absolute atomic E-state index is 13.3. The van der Waals surface area contributed by atoms with Crippen molar-refractivity contribution >= 4 is 11.7 Å². The maximum atomic E-state index is 13.3. The van der Waals surface area contributed by atoms with Crippen molar-refractivity contribution in [3.8, 4) is 5.75 Å². The lowest BCUT2D eigenvalue weighted by molar-refractivity contribution is 0.102. The third-order valence-corrected chi connectivity index (χ3v) is 2.01. The van der Waals surface area contributed by atoms with Crippen molar-refractivity contribution in [1.29, 1.82) is 0 Å². The van der Waals surface area contributed by atoms with Crippen LogP contribution >= 0.6 is 0 Å². The highest BCUT2D eigenvalue weighted by atomic mass is 19.1. The molecule has 6 heteroatoms. The zero-order chi connectivity index (χ0) is 12.3. The van der Waals surface area contributed by atoms with Crippen LogP contribution in [0.1, 0.15) is 10.4 Å². The summed E-state index contributed by atoms with van der Waals surface area (Å²) in [6, 6.07) is 6.41. The normalized spacial score (nSPS) is 9.94. The average molecular weight is 233 g/mol. The van der Waals surface area contributed by atoms with Gasteiger partial charge in [-0.2, -0.15) is 5.10 Å². The number of rotatable bonds is 2. The summed E-state index contributed by atoms with van der Waals surface area (Å²) in [4.78, 5) is 11.6. The molecule has 0 fully saturated rings. The molecule has 0 aliphatic rings. The largest absolute Gasteiger partial charge is 0.508 e. The Balaban J connectivity index is 2.21. The molecule has 0 spiro atoms. The smallest absolute Gasteiger partial charge is 0.259 e. The van der Waals surface area contributed by atoms with E-state index in [2.05, 4.69) is 15.5 Å². The Morgan fingerprint density at radius 1 is 1.35 bits per heavy atom. The van der Waals surface area contributed by atoms with Gasteiger partial charge in [0, 0.05) is 12.3 Å². The molecule has 0 unspecified atom stereocenters. The summed E-state index contributed by atoms with van der Waals surface area (Å²) in [6.07, 6.45) is 1.46. The first kappa shape index (κ1) is 11.0. The number of phenols is 1. The van der Waals surface area contributed by atoms with Gasteiger partial charge in [0.05, 0.1) is 5.56 Å². The van der Waals surface area contributed by atoms with Crippen LogP contribution in [0.4, 0.5) is 10.2 Å². The molecular weight excluding hydrogens is 225 g/mol. The highest BCUT2D eigenvalue weighted by Crippen LogP contribution is 2.15. The van der Waals surface area contributed by atoms with Gasteiger partial charge in [0.2, 0.25) is 0 Å². The van der Waals surface area contributed by atoms with Gasteiger partial charge in [-0.15, -0.1) is 5.10 Å². The van der Waals surface area contributed by atoms with Gasteiger partial charge < -0.3 is 10.4 Å². The lowest BCUT2D eigenvalue weighted by Crippen LogP contribution is -2.14. The van der Waals surface area contributed by atoms with Crippen LogP contribution in [0.3, 0.4) is 0 Å². The number of amides is 1. The summed E-state index contributed by atoms with van der Waals surface area (Å²) in [5.41, 5.74) is -0.173. The van der Waals surface area contributed by atoms with E-state index in [9.17, 15) is 9.18 Å². The molecule has 0 atom stereocenters. The summed E-state index contributed by atoms with van der Waals surface area (Å²) in [7, 11) is 0. The predicted octanol–water partition coefficient (Wildman–Crippen LogP) is 1.57. The fraction of sp³-hybridized carbons (Fsp3) is 0. The van der Waals surface area contributed by atoms with Gasteiger partial charge in [-0.3, -0.25) is 4.79 Å². The molecule has 5 nitrogen and oxygen atoms in total. The number of benzene rings is 1. The van der Waals surface area contributed by atoms with E-state index in [1.54, 1.807) is 6.07 Å². The predicted molar refractivity (Wildman–Crippen MR) is 58.1 cm³/mol. The molecule has 86 valence electrons. The third kappa shape index (κ3) is 2.54. The van der Waals surface area contributed by atoms with Crippen LogP contribution in [0.25, 0.3) is 0 Å². The van der Waals surface area contributed by atoms with E-state index >= 15 is 0 Å². The first-order valence-corrected chi connectivity index (χ1v) is 4.74. The quantitative estimate of drug-likeness (QED) is 0.825. The minimum absolute atomic E-state index is 0.173. The number of aromatic nitrogens is 2. The molecule has 0 aliphatic heterocycles. The first-order valence-electron chi connectivity index (χ1n) is 4.74. The standard InChI is InChI=1S/C11H8FN3O2/c12-9-6-7(16)3-4-8(9)11(17)14-10-2-1-5-13-15-10/h1-6,16H,(H,14,15,17). The van der Waals surface area contributed by atoms with Crippen molar-refractivity contribution in [3.63, 3.8) is 0 Å². The monoisotopic (exact) mass is 233 g/mol. The van der Waals surface area contributed by atoms with E-state index in [1.165, 1.54) is 24.4 Å². The summed E-state index contributed by atoms with van der Waals surface area (Å²) in [5, 5.41) is 18.6. The van der Waals surface area contributed by atoms with Crippen LogP contribution in [0.15, 0.2) is 36.5 Å². The Morgan fingerprint density at radius 3 is 2.82 bits per heavy atom. The lowest BCUT2D eigenvalue weighted by Gasteiger charge is -2.04. The van der Waals surface area contributed by atoms with Gasteiger partial charge in [-0.1, -0.05) is 0 Å². The number of hydrogen-bond donors (Lipinski definition) is 2. The molecule has 1 heterocycles. The number of aromatic hydroxyl groups is 1. The number of hydrogen-bond acceptors (Lipinski definition) is 4. The van der Waals surface area contributed by atoms with Crippen molar-refractivity contribution in [2.75, 3.05) is 5.32 Å². The van der Waals surface area contributed by atoms with Crippen molar-refractivity contribution in [3.05, 3.63) is 47.9 Å². The van der Waals surface area contributed by atoms with Crippen LogP contribution in [-0.4, -0.2) is 21.2 Å². The molecule has 0 radical (unpaired) electrons. The number of nitrogens with zero attached hydrogens (tertiary/aromatic N) is 2. The Hall–Kier alpha value is -2.50. The molecule has 2 aromatic rings. The van der Waals surface area contributed by atoms with E-state index in [0.29, 0.717) is 0 Å². The van der Waals surface area contributed by atoms with Crippen molar-refractivity contribution in [2.24, 2.45) is 0 Å². The van der Waals surface area contributed by atoms with Crippen LogP contribution in [-0.2, 0) is 0 Å². The maximum Gasteiger partial charge on any atom is 0.259 e. The minimum atomic E-state index is -0.800. The number of carbonyl (C=O) groups excluding carboxylic acids is 1. The summed E-state index contributed by atoms with van der Waals surface area (Å²) < 4.78 is 13.3. The Bertz CT molecular complexity index is 546. The molecule has 1 amide bonds. The van der Waals surface area contributed by atoms with Crippen molar-refractivity contribution in [2.45, 2.75) is 0 Å². The first-order chi connectivity index (χ1) is 8.16. The lowest BCUT2D eigenvalue weighted by atomic mass is 10.2. The van der Waals surface area contributed by atoms with Gasteiger partial charge >= 0.3 is 0 Å². The van der Waals surface area contributed by atoms with E-state index in [-0.39, 0.29) is 17.1 Å². The van der Waals surface area contributed by atoms with E-state index in [1.807, 2.05) is 0 Å². The molecular formula is C11H8FN3O2. The highest BCUT2D eigenvalue weighted by molar-refractivity contribution is 6.03. The molecule has 0 saturated heterocycles. The molecule has 1 aromatic carbocycles. The number of anilines is 1. The second-order valence-electron chi connectivity index (χ2n) is 3.23. The van der Waals surface area contributed by atoms with Crippen LogP contribution in [0, 0.1) is 5.82 Å². The van der Waals surface area contributed by atoms with Gasteiger partial charge in [0.25, 0.3) is 5.91 Å². The van der Waals surface area contributed by atoms with Crippen LogP contribution in [0.5, 0.6) is 5.75 Å². The second kappa shape index (κ2) is 4.56. The van der Waals surface area contributed by atoms with Crippen molar-refractivity contribution < 1.29 is 14.3 Å². The molecule has 1 aromatic heterocycles. The third-order valence-electron chi connectivity index (χ3n) is 2.01. The van der Waals surface area contributed by atoms with E-state index in [0.717, 1.165) is 6.07 Å². The fourth-order valence-corrected chi connectivity index (χ4v) is 1.24. The van der Waals surface area contributed by atoms with Crippen LogP contribution < -0.4 is 5.32 Å². The Morgan fingerprint density at radius 2 is 2.18 bits per heavy atom. The fourth-order valence-electron chi connectivity index (χ4n) is 1.24. The molecule has 2 rings (SSSR count). The topological polar surface area (TPSA) is 75.1 Å². The second-order valence-corrected chi connectivity index (χ2v) is 3.23. The molecule has 0 aliphatic carbocycles. The SMILES string of the molecule is O=C(Nc1cccnn1)c1ccc(O)cc1F. The summed E-state index contributed by atoms with van der Waals surface area (Å²) in [5.74, 6) is -1.46. The summed E-state index contributed by atoms with van der Waals surface area (Å²) in [6.45, 7) is 0. The zero-order valence-corrected chi connectivity index (χ0v) is 8.59. The number of carbonyl (C=O) groups is 1. The molecule has 2 N–H and O–H groups in total. The zero-order valence-electron chi connectivity index (χ0n) is 8.59. The summed E-state index contributed by atoms with van der Waals surface area (Å²) >= 11 is 0. The molecule has 0 bridgehead atoms.